The Bertz CT molecular complexity index is 3420. The molecule has 0 bridgehead atoms. The molecule has 0 aliphatic heterocycles. The van der Waals surface area contributed by atoms with Crippen LogP contribution in [0.1, 0.15) is 0 Å². The molecule has 4 heterocycles. The van der Waals surface area contributed by atoms with Crippen molar-refractivity contribution in [3.8, 4) is 51.0 Å². The summed E-state index contributed by atoms with van der Waals surface area (Å²) in [6.45, 7) is 0. The van der Waals surface area contributed by atoms with Gasteiger partial charge in [-0.05, 0) is 54.1 Å². The van der Waals surface area contributed by atoms with Crippen molar-refractivity contribution < 1.29 is 4.42 Å². The Kier molecular flexibility index (Phi) is 7.03. The number of hydrogen-bond donors (Lipinski definition) is 0. The van der Waals surface area contributed by atoms with Crippen LogP contribution in [0, 0.1) is 0 Å². The third kappa shape index (κ3) is 5.04. The van der Waals surface area contributed by atoms with E-state index in [1.807, 2.05) is 72.0 Å². The molecule has 266 valence electrons. The Morgan fingerprint density at radius 3 is 1.67 bits per heavy atom. The maximum absolute atomic E-state index is 7.04. The van der Waals surface area contributed by atoms with Crippen molar-refractivity contribution in [3.63, 3.8) is 0 Å². The number of benzene rings is 8. The quantitative estimate of drug-likeness (QED) is 0.176. The fraction of sp³-hybridized carbons (Fsp3) is 0. The van der Waals surface area contributed by atoms with Crippen LogP contribution in [-0.4, -0.2) is 19.5 Å². The Morgan fingerprint density at radius 2 is 0.982 bits per heavy atom. The smallest absolute Gasteiger partial charge is 0.164 e. The van der Waals surface area contributed by atoms with Gasteiger partial charge >= 0.3 is 0 Å². The van der Waals surface area contributed by atoms with Gasteiger partial charge in [0, 0.05) is 69.7 Å². The summed E-state index contributed by atoms with van der Waals surface area (Å²) in [6, 6.07) is 63.8. The van der Waals surface area contributed by atoms with Crippen LogP contribution in [0.15, 0.2) is 186 Å². The maximum Gasteiger partial charge on any atom is 0.164 e. The minimum atomic E-state index is 0.589. The van der Waals surface area contributed by atoms with Crippen LogP contribution in [0.2, 0.25) is 0 Å². The molecule has 0 fully saturated rings. The predicted molar refractivity (Wildman–Crippen MR) is 236 cm³/mol. The lowest BCUT2D eigenvalue weighted by Gasteiger charge is -2.12. The molecule has 0 amide bonds. The van der Waals surface area contributed by atoms with Gasteiger partial charge in [-0.2, -0.15) is 0 Å². The molecule has 0 unspecified atom stereocenters. The summed E-state index contributed by atoms with van der Waals surface area (Å²) in [7, 11) is 0. The van der Waals surface area contributed by atoms with Gasteiger partial charge < -0.3 is 8.98 Å². The third-order valence-corrected chi connectivity index (χ3v) is 12.2. The normalized spacial score (nSPS) is 11.9. The van der Waals surface area contributed by atoms with Crippen LogP contribution >= 0.6 is 11.3 Å². The van der Waals surface area contributed by atoms with E-state index in [0.717, 1.165) is 66.5 Å². The summed E-state index contributed by atoms with van der Waals surface area (Å²) in [4.78, 5) is 15.0. The van der Waals surface area contributed by atoms with Crippen molar-refractivity contribution in [3.05, 3.63) is 182 Å². The molecule has 0 saturated carbocycles. The Balaban J connectivity index is 1.13. The first-order chi connectivity index (χ1) is 28.2. The average molecular weight is 747 g/mol. The highest BCUT2D eigenvalue weighted by molar-refractivity contribution is 7.25. The van der Waals surface area contributed by atoms with Crippen LogP contribution in [0.25, 0.3) is 115 Å². The fourth-order valence-electron chi connectivity index (χ4n) is 8.47. The van der Waals surface area contributed by atoms with E-state index < -0.39 is 0 Å². The van der Waals surface area contributed by atoms with Crippen molar-refractivity contribution >= 4 is 75.3 Å². The van der Waals surface area contributed by atoms with Gasteiger partial charge in [0.2, 0.25) is 0 Å². The molecular weight excluding hydrogens is 717 g/mol. The van der Waals surface area contributed by atoms with Crippen LogP contribution in [0.3, 0.4) is 0 Å². The van der Waals surface area contributed by atoms with E-state index in [0.29, 0.717) is 17.5 Å². The van der Waals surface area contributed by atoms with Gasteiger partial charge in [-0.3, -0.25) is 0 Å². The van der Waals surface area contributed by atoms with Crippen molar-refractivity contribution in [2.45, 2.75) is 0 Å². The molecule has 0 aliphatic rings. The van der Waals surface area contributed by atoms with Crippen molar-refractivity contribution in [2.24, 2.45) is 0 Å². The van der Waals surface area contributed by atoms with E-state index in [9.17, 15) is 0 Å². The number of hydrogen-bond acceptors (Lipinski definition) is 5. The molecule has 5 nitrogen and oxygen atoms in total. The van der Waals surface area contributed by atoms with Gasteiger partial charge in [0.05, 0.1) is 11.0 Å². The molecule has 8 aromatic carbocycles. The van der Waals surface area contributed by atoms with Crippen molar-refractivity contribution in [1.82, 2.24) is 19.5 Å². The van der Waals surface area contributed by atoms with E-state index in [4.69, 9.17) is 19.4 Å². The number of rotatable bonds is 5. The number of furan rings is 1. The summed E-state index contributed by atoms with van der Waals surface area (Å²) in [6.07, 6.45) is 0. The molecule has 57 heavy (non-hydrogen) atoms. The van der Waals surface area contributed by atoms with Gasteiger partial charge in [-0.15, -0.1) is 11.3 Å². The number of thiophene rings is 1. The summed E-state index contributed by atoms with van der Waals surface area (Å²) < 4.78 is 12.0. The molecule has 0 saturated heterocycles. The molecule has 0 radical (unpaired) electrons. The first-order valence-electron chi connectivity index (χ1n) is 19.0. The third-order valence-electron chi connectivity index (χ3n) is 11.0. The number of para-hydroxylation sites is 2. The Morgan fingerprint density at radius 1 is 0.404 bits per heavy atom. The number of fused-ring (bicyclic) bond motifs is 9. The van der Waals surface area contributed by atoms with Crippen LogP contribution in [-0.2, 0) is 0 Å². The minimum Gasteiger partial charge on any atom is -0.455 e. The highest BCUT2D eigenvalue weighted by Crippen LogP contribution is 2.46. The molecule has 12 rings (SSSR count). The fourth-order valence-corrected chi connectivity index (χ4v) is 9.60. The lowest BCUT2D eigenvalue weighted by Crippen LogP contribution is -2.00. The van der Waals surface area contributed by atoms with Gasteiger partial charge in [0.1, 0.15) is 11.2 Å². The van der Waals surface area contributed by atoms with Crippen molar-refractivity contribution in [1.29, 1.82) is 0 Å². The van der Waals surface area contributed by atoms with Gasteiger partial charge in [0.25, 0.3) is 0 Å². The summed E-state index contributed by atoms with van der Waals surface area (Å²) >= 11 is 1.83. The zero-order chi connectivity index (χ0) is 37.5. The summed E-state index contributed by atoms with van der Waals surface area (Å²) in [5.74, 6) is 1.84. The molecule has 12 aromatic rings. The van der Waals surface area contributed by atoms with E-state index in [2.05, 4.69) is 126 Å². The van der Waals surface area contributed by atoms with E-state index >= 15 is 0 Å². The zero-order valence-electron chi connectivity index (χ0n) is 30.4. The highest BCUT2D eigenvalue weighted by atomic mass is 32.1. The first-order valence-corrected chi connectivity index (χ1v) is 19.8. The SMILES string of the molecule is c1ccc(-c2nc(-c3ccccc3)nc(-c3ccc4c(c3)oc3c(-c5cccc6sc7ccccc7c56)cc(-n5c6ccccc6c6ccccc65)cc34)n2)cc1. The molecule has 4 aromatic heterocycles. The number of aromatic nitrogens is 4. The molecule has 6 heteroatoms. The largest absolute Gasteiger partial charge is 0.455 e. The van der Waals surface area contributed by atoms with Crippen LogP contribution in [0.5, 0.6) is 0 Å². The van der Waals surface area contributed by atoms with Gasteiger partial charge in [-0.25, -0.2) is 15.0 Å². The molecular formula is C51H30N4OS. The second kappa shape index (κ2) is 12.6. The Hall–Kier alpha value is -7.41. The summed E-state index contributed by atoms with van der Waals surface area (Å²) in [5.41, 5.74) is 9.94. The minimum absolute atomic E-state index is 0.589. The van der Waals surface area contributed by atoms with Gasteiger partial charge in [-0.1, -0.05) is 133 Å². The monoisotopic (exact) mass is 746 g/mol. The van der Waals surface area contributed by atoms with Crippen LogP contribution in [0.4, 0.5) is 0 Å². The predicted octanol–water partition coefficient (Wildman–Crippen LogP) is 13.9. The van der Waals surface area contributed by atoms with Crippen LogP contribution < -0.4 is 0 Å². The summed E-state index contributed by atoms with van der Waals surface area (Å²) in [5, 5.41) is 7.02. The van der Waals surface area contributed by atoms with E-state index in [1.165, 1.54) is 30.9 Å². The topological polar surface area (TPSA) is 56.7 Å². The van der Waals surface area contributed by atoms with Crippen molar-refractivity contribution in [2.75, 3.05) is 0 Å². The maximum atomic E-state index is 7.04. The average Bonchev–Trinajstić information content (AvgIpc) is 3.96. The highest BCUT2D eigenvalue weighted by Gasteiger charge is 2.22. The standard InChI is InChI=1S/C51H30N4OS/c1-3-14-31(15-4-1)49-52-50(32-16-5-2-6-17-32)54-51(53-49)33-26-27-37-40-29-34(55-42-22-10-7-18-35(42)36-19-8-11-23-43(36)55)30-41(48(40)56-44(37)28-33)38-21-13-25-46-47(38)39-20-9-12-24-45(39)57-46/h1-30H. The lowest BCUT2D eigenvalue weighted by molar-refractivity contribution is 0.670. The Labute approximate surface area is 330 Å². The molecule has 0 aliphatic carbocycles. The first kappa shape index (κ1) is 31.9. The second-order valence-corrected chi connectivity index (χ2v) is 15.5. The van der Waals surface area contributed by atoms with Gasteiger partial charge in [0.15, 0.2) is 17.5 Å². The second-order valence-electron chi connectivity index (χ2n) is 14.4. The zero-order valence-corrected chi connectivity index (χ0v) is 31.2. The molecule has 0 atom stereocenters. The van der Waals surface area contributed by atoms with E-state index in [-0.39, 0.29) is 0 Å². The number of nitrogens with zero attached hydrogens (tertiary/aromatic N) is 4. The van der Waals surface area contributed by atoms with E-state index in [1.54, 1.807) is 0 Å². The molecule has 0 spiro atoms. The molecule has 0 N–H and O–H groups in total. The lowest BCUT2D eigenvalue weighted by atomic mass is 9.96.